The number of fused-ring (bicyclic) bond motifs is 1. The van der Waals surface area contributed by atoms with Crippen LogP contribution in [0, 0.1) is 17.2 Å². The number of carbonyl (C=O) groups excluding carboxylic acids is 3. The molecule has 0 aliphatic carbocycles. The molecule has 3 N–H and O–H groups in total. The number of likely N-dealkylation sites (tertiary alicyclic amines) is 1. The van der Waals surface area contributed by atoms with E-state index in [-0.39, 0.29) is 30.1 Å². The molecule has 2 aromatic rings. The maximum absolute atomic E-state index is 13.3. The van der Waals surface area contributed by atoms with E-state index < -0.39 is 12.1 Å². The maximum atomic E-state index is 13.3. The van der Waals surface area contributed by atoms with E-state index in [0.717, 1.165) is 30.2 Å². The Morgan fingerprint density at radius 2 is 2.18 bits per heavy atom. The molecule has 9 heteroatoms. The monoisotopic (exact) mass is 451 g/mol. The van der Waals surface area contributed by atoms with Gasteiger partial charge in [0.2, 0.25) is 11.8 Å². The second-order valence-corrected chi connectivity index (χ2v) is 8.69. The number of amides is 3. The number of rotatable bonds is 7. The molecule has 0 radical (unpaired) electrons. The van der Waals surface area contributed by atoms with Gasteiger partial charge in [-0.1, -0.05) is 6.07 Å². The van der Waals surface area contributed by atoms with Gasteiger partial charge in [0, 0.05) is 36.0 Å². The van der Waals surface area contributed by atoms with Gasteiger partial charge in [0.15, 0.2) is 0 Å². The van der Waals surface area contributed by atoms with Crippen LogP contribution in [0.25, 0.3) is 10.9 Å². The number of aromatic amines is 1. The minimum absolute atomic E-state index is 0.0228. The Labute approximate surface area is 192 Å². The van der Waals surface area contributed by atoms with Gasteiger partial charge in [0.1, 0.15) is 17.5 Å². The first kappa shape index (κ1) is 22.6. The molecule has 4 rings (SSSR count). The molecule has 1 aromatic carbocycles. The van der Waals surface area contributed by atoms with Gasteiger partial charge >= 0.3 is 0 Å². The lowest BCUT2D eigenvalue weighted by molar-refractivity contribution is -0.129. The van der Waals surface area contributed by atoms with Gasteiger partial charge in [0.05, 0.1) is 19.6 Å². The highest BCUT2D eigenvalue weighted by Gasteiger charge is 2.36. The summed E-state index contributed by atoms with van der Waals surface area (Å²) in [5.74, 6) is -0.0737. The molecular formula is C24H29N5O4. The van der Waals surface area contributed by atoms with Gasteiger partial charge in [-0.25, -0.2) is 0 Å². The molecule has 0 saturated carbocycles. The summed E-state index contributed by atoms with van der Waals surface area (Å²) in [5, 5.41) is 15.8. The zero-order chi connectivity index (χ0) is 23.4. The Bertz CT molecular complexity index is 1090. The highest BCUT2D eigenvalue weighted by molar-refractivity contribution is 6.01. The van der Waals surface area contributed by atoms with Crippen molar-refractivity contribution in [3.8, 4) is 11.8 Å². The van der Waals surface area contributed by atoms with Crippen molar-refractivity contribution in [3.63, 3.8) is 0 Å². The van der Waals surface area contributed by atoms with Crippen molar-refractivity contribution < 1.29 is 19.1 Å². The number of piperidine rings is 1. The second-order valence-electron chi connectivity index (χ2n) is 8.69. The summed E-state index contributed by atoms with van der Waals surface area (Å²) < 4.78 is 5.38. The first-order chi connectivity index (χ1) is 16.0. The smallest absolute Gasteiger partial charge is 0.270 e. The Morgan fingerprint density at radius 1 is 1.33 bits per heavy atom. The number of hydrogen-bond donors (Lipinski definition) is 3. The Kier molecular flexibility index (Phi) is 6.82. The van der Waals surface area contributed by atoms with Crippen LogP contribution in [-0.2, 0) is 9.59 Å². The summed E-state index contributed by atoms with van der Waals surface area (Å²) >= 11 is 0. The van der Waals surface area contributed by atoms with Crippen LogP contribution < -0.4 is 15.4 Å². The van der Waals surface area contributed by atoms with Crippen LogP contribution >= 0.6 is 0 Å². The fraction of sp³-hybridized carbons (Fsp3) is 0.500. The predicted octanol–water partition coefficient (Wildman–Crippen LogP) is 2.10. The molecule has 9 nitrogen and oxygen atoms in total. The molecule has 2 saturated heterocycles. The number of benzene rings is 1. The third-order valence-corrected chi connectivity index (χ3v) is 6.54. The van der Waals surface area contributed by atoms with Gasteiger partial charge in [0.25, 0.3) is 5.91 Å². The van der Waals surface area contributed by atoms with Crippen molar-refractivity contribution in [1.29, 1.82) is 5.26 Å². The van der Waals surface area contributed by atoms with Crippen LogP contribution in [0.3, 0.4) is 0 Å². The number of H-pyrrole nitrogens is 1. The average Bonchev–Trinajstić information content (AvgIpc) is 3.47. The van der Waals surface area contributed by atoms with E-state index in [4.69, 9.17) is 4.74 Å². The van der Waals surface area contributed by atoms with E-state index >= 15 is 0 Å². The fourth-order valence-corrected chi connectivity index (χ4v) is 4.86. The Morgan fingerprint density at radius 3 is 2.94 bits per heavy atom. The van der Waals surface area contributed by atoms with E-state index in [0.29, 0.717) is 37.4 Å². The summed E-state index contributed by atoms with van der Waals surface area (Å²) in [6, 6.07) is 8.39. The zero-order valence-electron chi connectivity index (χ0n) is 18.7. The van der Waals surface area contributed by atoms with Gasteiger partial charge in [-0.3, -0.25) is 14.4 Å². The molecule has 1 aromatic heterocycles. The molecule has 3 atom stereocenters. The summed E-state index contributed by atoms with van der Waals surface area (Å²) in [4.78, 5) is 43.2. The highest BCUT2D eigenvalue weighted by atomic mass is 16.5. The molecule has 0 unspecified atom stereocenters. The van der Waals surface area contributed by atoms with Crippen LogP contribution in [0.1, 0.15) is 49.0 Å². The number of carbonyl (C=O) groups is 3. The third kappa shape index (κ3) is 4.80. The van der Waals surface area contributed by atoms with Crippen molar-refractivity contribution in [2.24, 2.45) is 5.92 Å². The quantitative estimate of drug-likeness (QED) is 0.594. The standard InChI is InChI=1S/C24H29N5O4/c1-33-21-8-2-6-18-17(21)14-19(28-18)24(32)29-12-4-7-20(29)23(31)27-16(9-10-25)13-15-5-3-11-26-22(15)30/h2,6,8,14-16,20,28H,3-5,7,9,11-13H2,1H3,(H,26,30)(H,27,31)/t15-,16+,20-/m0/s1. The molecule has 3 amide bonds. The summed E-state index contributed by atoms with van der Waals surface area (Å²) in [6.07, 6.45) is 3.47. The SMILES string of the molecule is COc1cccc2[nH]c(C(=O)N3CCC[C@H]3C(=O)N[C@H](CC#N)C[C@@H]3CCCNC3=O)cc12. The number of hydrogen-bond acceptors (Lipinski definition) is 5. The van der Waals surface area contributed by atoms with E-state index in [1.54, 1.807) is 18.1 Å². The molecule has 3 heterocycles. The minimum Gasteiger partial charge on any atom is -0.496 e. The molecule has 0 bridgehead atoms. The normalized spacial score (nSPS) is 21.3. The summed E-state index contributed by atoms with van der Waals surface area (Å²) in [6.45, 7) is 1.15. The average molecular weight is 452 g/mol. The molecule has 2 aliphatic rings. The molecule has 33 heavy (non-hydrogen) atoms. The summed E-state index contributed by atoms with van der Waals surface area (Å²) in [7, 11) is 1.58. The van der Waals surface area contributed by atoms with E-state index in [2.05, 4.69) is 21.7 Å². The predicted molar refractivity (Wildman–Crippen MR) is 121 cm³/mol. The number of nitrogens with one attached hydrogen (secondary N) is 3. The number of methoxy groups -OCH3 is 1. The van der Waals surface area contributed by atoms with Gasteiger partial charge < -0.3 is 25.3 Å². The lowest BCUT2D eigenvalue weighted by Crippen LogP contribution is -2.50. The third-order valence-electron chi connectivity index (χ3n) is 6.54. The van der Waals surface area contributed by atoms with Gasteiger partial charge in [-0.15, -0.1) is 0 Å². The Balaban J connectivity index is 1.46. The van der Waals surface area contributed by atoms with Crippen LogP contribution in [0.4, 0.5) is 0 Å². The first-order valence-corrected chi connectivity index (χ1v) is 11.4. The van der Waals surface area contributed by atoms with Gasteiger partial charge in [-0.2, -0.15) is 5.26 Å². The van der Waals surface area contributed by atoms with Crippen molar-refractivity contribution >= 4 is 28.6 Å². The van der Waals surface area contributed by atoms with Crippen molar-refractivity contribution in [1.82, 2.24) is 20.5 Å². The van der Waals surface area contributed by atoms with Crippen LogP contribution in [0.2, 0.25) is 0 Å². The highest BCUT2D eigenvalue weighted by Crippen LogP contribution is 2.28. The topological polar surface area (TPSA) is 127 Å². The maximum Gasteiger partial charge on any atom is 0.270 e. The lowest BCUT2D eigenvalue weighted by atomic mass is 9.90. The van der Waals surface area contributed by atoms with Crippen LogP contribution in [0.15, 0.2) is 24.3 Å². The van der Waals surface area contributed by atoms with Crippen molar-refractivity contribution in [2.75, 3.05) is 20.2 Å². The van der Waals surface area contributed by atoms with Crippen molar-refractivity contribution in [3.05, 3.63) is 30.0 Å². The fourth-order valence-electron chi connectivity index (χ4n) is 4.86. The van der Waals surface area contributed by atoms with E-state index in [1.165, 1.54) is 0 Å². The Hall–Kier alpha value is -3.54. The van der Waals surface area contributed by atoms with Crippen molar-refractivity contribution in [2.45, 2.75) is 50.6 Å². The minimum atomic E-state index is -0.604. The number of aromatic nitrogens is 1. The molecule has 2 fully saturated rings. The lowest BCUT2D eigenvalue weighted by Gasteiger charge is -2.28. The molecule has 0 spiro atoms. The molecule has 174 valence electrons. The number of nitriles is 1. The van der Waals surface area contributed by atoms with Crippen LogP contribution in [-0.4, -0.2) is 59.9 Å². The summed E-state index contributed by atoms with van der Waals surface area (Å²) in [5.41, 5.74) is 1.19. The first-order valence-electron chi connectivity index (χ1n) is 11.4. The molecule has 2 aliphatic heterocycles. The number of nitrogens with zero attached hydrogens (tertiary/aromatic N) is 2. The molecular weight excluding hydrogens is 422 g/mol. The van der Waals surface area contributed by atoms with Gasteiger partial charge in [-0.05, 0) is 50.3 Å². The number of ether oxygens (including phenoxy) is 1. The second kappa shape index (κ2) is 9.94. The largest absolute Gasteiger partial charge is 0.496 e. The van der Waals surface area contributed by atoms with E-state index in [9.17, 15) is 19.6 Å². The van der Waals surface area contributed by atoms with Crippen LogP contribution in [0.5, 0.6) is 5.75 Å². The zero-order valence-corrected chi connectivity index (χ0v) is 18.7. The van der Waals surface area contributed by atoms with E-state index in [1.807, 2.05) is 18.2 Å².